The second kappa shape index (κ2) is 19.7. The van der Waals surface area contributed by atoms with Gasteiger partial charge in [-0.15, -0.1) is 0 Å². The van der Waals surface area contributed by atoms with E-state index in [9.17, 15) is 14.7 Å². The fourth-order valence-electron chi connectivity index (χ4n) is 2.77. The van der Waals surface area contributed by atoms with Crippen LogP contribution in [0.2, 0.25) is 0 Å². The van der Waals surface area contributed by atoms with Gasteiger partial charge in [-0.2, -0.15) is 0 Å². The van der Waals surface area contributed by atoms with Crippen LogP contribution in [0, 0.1) is 0 Å². The zero-order valence-corrected chi connectivity index (χ0v) is 18.9. The van der Waals surface area contributed by atoms with Gasteiger partial charge in [0.05, 0.1) is 26.4 Å². The largest absolute Gasteiger partial charge is 0.398 e. The minimum absolute atomic E-state index is 0.0887. The van der Waals surface area contributed by atoms with E-state index in [-0.39, 0.29) is 39.3 Å². The van der Waals surface area contributed by atoms with Crippen molar-refractivity contribution in [2.45, 2.75) is 96.9 Å². The molecule has 0 aromatic carbocycles. The van der Waals surface area contributed by atoms with Crippen molar-refractivity contribution >= 4 is 11.9 Å². The van der Waals surface area contributed by atoms with E-state index in [1.54, 1.807) is 0 Å². The predicted octanol–water partition coefficient (Wildman–Crippen LogP) is 3.47. The van der Waals surface area contributed by atoms with Gasteiger partial charge in [0.15, 0.2) is 6.61 Å². The number of unbranched alkanes of at least 4 members (excludes halogenated alkanes) is 8. The second-order valence-electron chi connectivity index (χ2n) is 7.38. The fraction of sp³-hybridized carbons (Fsp3) is 0.909. The molecule has 0 aromatic heterocycles. The first kappa shape index (κ1) is 28.8. The fourth-order valence-corrected chi connectivity index (χ4v) is 2.77. The maximum absolute atomic E-state index is 12.1. The third kappa shape index (κ3) is 17.6. The molecule has 0 heterocycles. The van der Waals surface area contributed by atoms with Gasteiger partial charge in [0.2, 0.25) is 0 Å². The molecule has 0 aliphatic rings. The molecule has 0 fully saturated rings. The van der Waals surface area contributed by atoms with Gasteiger partial charge in [0.1, 0.15) is 0 Å². The summed E-state index contributed by atoms with van der Waals surface area (Å²) in [4.78, 5) is 24.2. The second-order valence-corrected chi connectivity index (χ2v) is 7.38. The molecule has 8 heteroatoms. The standard InChI is InChI=1S/C22H42O8/c1-3-5-7-9-11-13-20(24)29-22(26,19-28-18-17-27-16-15-23)30-21(25)14-12-10-8-6-4-2/h23,26H,3-19H2,1-2H3. The molecule has 0 saturated carbocycles. The van der Waals surface area contributed by atoms with Crippen LogP contribution in [-0.2, 0) is 28.5 Å². The number of ether oxygens (including phenoxy) is 4. The molecule has 0 aliphatic heterocycles. The highest BCUT2D eigenvalue weighted by Gasteiger charge is 2.37. The molecule has 0 saturated heterocycles. The Kier molecular flexibility index (Phi) is 18.9. The first-order valence-corrected chi connectivity index (χ1v) is 11.4. The summed E-state index contributed by atoms with van der Waals surface area (Å²) in [6.45, 7) is 4.07. The van der Waals surface area contributed by atoms with Crippen LogP contribution in [0.5, 0.6) is 0 Å². The first-order valence-electron chi connectivity index (χ1n) is 11.4. The van der Waals surface area contributed by atoms with Gasteiger partial charge >= 0.3 is 17.9 Å². The molecule has 8 nitrogen and oxygen atoms in total. The molecule has 0 spiro atoms. The van der Waals surface area contributed by atoms with Gasteiger partial charge in [-0.05, 0) is 12.8 Å². The molecular formula is C22H42O8. The highest BCUT2D eigenvalue weighted by molar-refractivity contribution is 5.71. The Labute approximate surface area is 181 Å². The molecule has 2 N–H and O–H groups in total. The number of rotatable bonds is 21. The Hall–Kier alpha value is -1.22. The van der Waals surface area contributed by atoms with Gasteiger partial charge in [0.25, 0.3) is 0 Å². The molecular weight excluding hydrogens is 392 g/mol. The van der Waals surface area contributed by atoms with E-state index >= 15 is 0 Å². The van der Waals surface area contributed by atoms with Crippen molar-refractivity contribution in [1.82, 2.24) is 0 Å². The average molecular weight is 435 g/mol. The average Bonchev–Trinajstić information content (AvgIpc) is 2.70. The molecule has 0 amide bonds. The maximum atomic E-state index is 12.1. The van der Waals surface area contributed by atoms with Crippen molar-refractivity contribution in [2.24, 2.45) is 0 Å². The normalized spacial score (nSPS) is 11.5. The Balaban J connectivity index is 4.47. The zero-order chi connectivity index (χ0) is 22.5. The Morgan fingerprint density at radius 3 is 1.63 bits per heavy atom. The first-order chi connectivity index (χ1) is 14.5. The van der Waals surface area contributed by atoms with Crippen LogP contribution in [0.15, 0.2) is 0 Å². The number of hydrogen-bond donors (Lipinski definition) is 2. The van der Waals surface area contributed by atoms with Crippen molar-refractivity contribution < 1.29 is 38.7 Å². The van der Waals surface area contributed by atoms with Crippen LogP contribution in [0.3, 0.4) is 0 Å². The smallest absolute Gasteiger partial charge is 0.396 e. The van der Waals surface area contributed by atoms with Crippen molar-refractivity contribution in [1.29, 1.82) is 0 Å². The number of carbonyl (C=O) groups excluding carboxylic acids is 2. The van der Waals surface area contributed by atoms with Crippen molar-refractivity contribution in [3.05, 3.63) is 0 Å². The van der Waals surface area contributed by atoms with Gasteiger partial charge < -0.3 is 29.2 Å². The Morgan fingerprint density at radius 2 is 1.17 bits per heavy atom. The van der Waals surface area contributed by atoms with Gasteiger partial charge in [-0.25, -0.2) is 0 Å². The van der Waals surface area contributed by atoms with Crippen molar-refractivity contribution in [3.63, 3.8) is 0 Å². The van der Waals surface area contributed by atoms with Crippen LogP contribution >= 0.6 is 0 Å². The Morgan fingerprint density at radius 1 is 0.700 bits per heavy atom. The highest BCUT2D eigenvalue weighted by Crippen LogP contribution is 2.16. The molecule has 0 aliphatic carbocycles. The summed E-state index contributed by atoms with van der Waals surface area (Å²) in [6, 6.07) is 0. The number of esters is 2. The third-order valence-corrected chi connectivity index (χ3v) is 4.41. The van der Waals surface area contributed by atoms with Crippen LogP contribution in [0.1, 0.15) is 90.9 Å². The number of carbonyl (C=O) groups is 2. The minimum Gasteiger partial charge on any atom is -0.396 e. The van der Waals surface area contributed by atoms with Crippen LogP contribution in [-0.4, -0.2) is 61.2 Å². The van der Waals surface area contributed by atoms with E-state index in [0.717, 1.165) is 51.4 Å². The molecule has 0 radical (unpaired) electrons. The van der Waals surface area contributed by atoms with Gasteiger partial charge in [-0.3, -0.25) is 9.59 Å². The molecule has 0 aromatic rings. The van der Waals surface area contributed by atoms with Crippen LogP contribution < -0.4 is 0 Å². The number of aliphatic hydroxyl groups is 2. The summed E-state index contributed by atoms with van der Waals surface area (Å²) in [5.41, 5.74) is 0. The van der Waals surface area contributed by atoms with E-state index in [1.807, 2.05) is 0 Å². The van der Waals surface area contributed by atoms with E-state index in [4.69, 9.17) is 24.1 Å². The Bertz CT molecular complexity index is 399. The molecule has 0 atom stereocenters. The van der Waals surface area contributed by atoms with Crippen molar-refractivity contribution in [2.75, 3.05) is 33.0 Å². The summed E-state index contributed by atoms with van der Waals surface area (Å²) < 4.78 is 20.4. The van der Waals surface area contributed by atoms with E-state index < -0.39 is 24.5 Å². The summed E-state index contributed by atoms with van der Waals surface area (Å²) in [5, 5.41) is 19.2. The van der Waals surface area contributed by atoms with Gasteiger partial charge in [-0.1, -0.05) is 65.2 Å². The predicted molar refractivity (Wildman–Crippen MR) is 113 cm³/mol. The van der Waals surface area contributed by atoms with Crippen molar-refractivity contribution in [3.8, 4) is 0 Å². The monoisotopic (exact) mass is 434 g/mol. The minimum atomic E-state index is -2.45. The number of hydrogen-bond acceptors (Lipinski definition) is 8. The third-order valence-electron chi connectivity index (χ3n) is 4.41. The lowest BCUT2D eigenvalue weighted by molar-refractivity contribution is -0.341. The van der Waals surface area contributed by atoms with Gasteiger partial charge in [0, 0.05) is 12.8 Å². The van der Waals surface area contributed by atoms with E-state index in [0.29, 0.717) is 12.8 Å². The van der Waals surface area contributed by atoms with E-state index in [2.05, 4.69) is 13.8 Å². The topological polar surface area (TPSA) is 112 Å². The summed E-state index contributed by atoms with van der Waals surface area (Å²) >= 11 is 0. The quantitative estimate of drug-likeness (QED) is 0.160. The lowest BCUT2D eigenvalue weighted by Gasteiger charge is -2.26. The SMILES string of the molecule is CCCCCCCC(=O)OC(O)(COCCOCCO)OC(=O)CCCCCCC. The number of aliphatic hydroxyl groups excluding tert-OH is 1. The summed E-state index contributed by atoms with van der Waals surface area (Å²) in [5.74, 6) is -3.72. The zero-order valence-electron chi connectivity index (χ0n) is 18.9. The summed E-state index contributed by atoms with van der Waals surface area (Å²) in [6.07, 6.45) is 9.90. The molecule has 0 bridgehead atoms. The van der Waals surface area contributed by atoms with E-state index in [1.165, 1.54) is 0 Å². The lowest BCUT2D eigenvalue weighted by Crippen LogP contribution is -2.44. The molecule has 178 valence electrons. The highest BCUT2D eigenvalue weighted by atomic mass is 16.9. The lowest BCUT2D eigenvalue weighted by atomic mass is 10.1. The summed E-state index contributed by atoms with van der Waals surface area (Å²) in [7, 11) is 0. The molecule has 0 rings (SSSR count). The van der Waals surface area contributed by atoms with Crippen LogP contribution in [0.4, 0.5) is 0 Å². The molecule has 30 heavy (non-hydrogen) atoms. The van der Waals surface area contributed by atoms with Crippen LogP contribution in [0.25, 0.3) is 0 Å². The molecule has 0 unspecified atom stereocenters. The maximum Gasteiger partial charge on any atom is 0.398 e.